The van der Waals surface area contributed by atoms with Crippen molar-refractivity contribution in [3.05, 3.63) is 45.4 Å². The maximum Gasteiger partial charge on any atom is 0.150 e. The number of rotatable bonds is 3. The third-order valence-corrected chi connectivity index (χ3v) is 3.02. The van der Waals surface area contributed by atoms with E-state index in [0.29, 0.717) is 0 Å². The van der Waals surface area contributed by atoms with Crippen LogP contribution in [0.2, 0.25) is 0 Å². The lowest BCUT2D eigenvalue weighted by Gasteiger charge is -2.06. The highest BCUT2D eigenvalue weighted by Gasteiger charge is 2.01. The minimum absolute atomic E-state index is 0.761. The van der Waals surface area contributed by atoms with E-state index in [1.165, 1.54) is 11.1 Å². The van der Waals surface area contributed by atoms with E-state index in [4.69, 9.17) is 0 Å². The lowest BCUT2D eigenvalue weighted by atomic mass is 10.0. The number of hydrogen-bond acceptors (Lipinski definition) is 2. The fourth-order valence-corrected chi connectivity index (χ4v) is 1.53. The lowest BCUT2D eigenvalue weighted by molar-refractivity contribution is 0.112. The largest absolute Gasteiger partial charge is 0.298 e. The van der Waals surface area contributed by atoms with Gasteiger partial charge in [0.1, 0.15) is 6.29 Å². The molecule has 0 aromatic heterocycles. The van der Waals surface area contributed by atoms with Crippen molar-refractivity contribution >= 4 is 18.9 Å². The molecule has 0 saturated carbocycles. The first-order chi connectivity index (χ1) is 7.04. The molecule has 1 aromatic rings. The number of hydrogen-bond donors (Lipinski definition) is 1. The van der Waals surface area contributed by atoms with E-state index in [9.17, 15) is 4.79 Å². The molecule has 1 aromatic carbocycles. The zero-order chi connectivity index (χ0) is 11.4. The number of carbonyl (C=O) groups excluding carboxylic acids is 1. The highest BCUT2D eigenvalue weighted by molar-refractivity contribution is 7.84. The van der Waals surface area contributed by atoms with Gasteiger partial charge < -0.3 is 0 Å². The first-order valence-electron chi connectivity index (χ1n) is 4.94. The van der Waals surface area contributed by atoms with Crippen LogP contribution in [0.4, 0.5) is 0 Å². The predicted octanol–water partition coefficient (Wildman–Crippen LogP) is 3.57. The predicted molar refractivity (Wildman–Crippen MR) is 67.6 cm³/mol. The van der Waals surface area contributed by atoms with Gasteiger partial charge in [-0.05, 0) is 36.8 Å². The zero-order valence-corrected chi connectivity index (χ0v) is 10.3. The Labute approximate surface area is 96.6 Å². The van der Waals surface area contributed by atoms with Crippen LogP contribution in [0.25, 0.3) is 0 Å². The van der Waals surface area contributed by atoms with Gasteiger partial charge in [-0.1, -0.05) is 23.8 Å². The number of aldehydes is 1. The van der Waals surface area contributed by atoms with Crippen molar-refractivity contribution in [3.63, 3.8) is 0 Å². The summed E-state index contributed by atoms with van der Waals surface area (Å²) in [7, 11) is 0. The molecular formula is C13H16OS. The fraction of sp³-hybridized carbons (Fsp3) is 0.308. The smallest absolute Gasteiger partial charge is 0.150 e. The summed E-state index contributed by atoms with van der Waals surface area (Å²) < 4.78 is 0. The minimum Gasteiger partial charge on any atom is -0.298 e. The van der Waals surface area contributed by atoms with Crippen LogP contribution in [0.1, 0.15) is 35.3 Å². The normalized spacial score (nSPS) is 9.87. The molecule has 2 heteroatoms. The number of benzene rings is 1. The maximum atomic E-state index is 10.6. The van der Waals surface area contributed by atoms with Crippen LogP contribution < -0.4 is 0 Å². The minimum atomic E-state index is 0.761. The first kappa shape index (κ1) is 12.1. The summed E-state index contributed by atoms with van der Waals surface area (Å²) in [6.45, 7) is 6.05. The van der Waals surface area contributed by atoms with Gasteiger partial charge in [-0.25, -0.2) is 0 Å². The Bertz CT molecular complexity index is 401. The maximum absolute atomic E-state index is 10.6. The van der Waals surface area contributed by atoms with Crippen molar-refractivity contribution in [1.29, 1.82) is 0 Å². The standard InChI is InChI=1S/C13H16OS/c1-9(2)13(15)7-11-4-5-12(8-14)10(3)6-11/h4-6,8,15H,7H2,1-3H3. The Morgan fingerprint density at radius 2 is 2.07 bits per heavy atom. The van der Waals surface area contributed by atoms with E-state index < -0.39 is 0 Å². The molecule has 0 atom stereocenters. The summed E-state index contributed by atoms with van der Waals surface area (Å²) in [5.41, 5.74) is 4.22. The molecule has 0 aliphatic carbocycles. The van der Waals surface area contributed by atoms with E-state index in [2.05, 4.69) is 26.5 Å². The van der Waals surface area contributed by atoms with Crippen LogP contribution in [-0.4, -0.2) is 6.29 Å². The van der Waals surface area contributed by atoms with Gasteiger partial charge in [-0.3, -0.25) is 4.79 Å². The molecule has 1 rings (SSSR count). The summed E-state index contributed by atoms with van der Waals surface area (Å²) in [4.78, 5) is 11.7. The Morgan fingerprint density at radius 1 is 1.40 bits per heavy atom. The zero-order valence-electron chi connectivity index (χ0n) is 9.37. The van der Waals surface area contributed by atoms with Crippen LogP contribution in [-0.2, 0) is 6.42 Å². The van der Waals surface area contributed by atoms with E-state index in [-0.39, 0.29) is 0 Å². The van der Waals surface area contributed by atoms with Crippen molar-refractivity contribution in [1.82, 2.24) is 0 Å². The van der Waals surface area contributed by atoms with Gasteiger partial charge in [0.2, 0.25) is 0 Å². The number of aryl methyl sites for hydroxylation is 1. The molecule has 0 aliphatic rings. The molecule has 0 radical (unpaired) electrons. The summed E-state index contributed by atoms with van der Waals surface area (Å²) in [5.74, 6) is 0. The molecule has 15 heavy (non-hydrogen) atoms. The topological polar surface area (TPSA) is 17.1 Å². The van der Waals surface area contributed by atoms with Crippen LogP contribution in [0.15, 0.2) is 28.7 Å². The molecule has 0 fully saturated rings. The van der Waals surface area contributed by atoms with E-state index in [1.54, 1.807) is 0 Å². The third kappa shape index (κ3) is 3.24. The summed E-state index contributed by atoms with van der Waals surface area (Å²) in [6, 6.07) is 5.89. The Balaban J connectivity index is 2.94. The average Bonchev–Trinajstić information content (AvgIpc) is 2.18. The second kappa shape index (κ2) is 5.17. The van der Waals surface area contributed by atoms with Crippen LogP contribution in [0, 0.1) is 6.92 Å². The van der Waals surface area contributed by atoms with Gasteiger partial charge in [0.25, 0.3) is 0 Å². The highest BCUT2D eigenvalue weighted by atomic mass is 32.1. The molecule has 0 bridgehead atoms. The molecule has 0 aliphatic heterocycles. The van der Waals surface area contributed by atoms with Gasteiger partial charge in [-0.2, -0.15) is 0 Å². The van der Waals surface area contributed by atoms with Crippen LogP contribution in [0.5, 0.6) is 0 Å². The summed E-state index contributed by atoms with van der Waals surface area (Å²) in [6.07, 6.45) is 1.73. The van der Waals surface area contributed by atoms with Crippen molar-refractivity contribution in [2.24, 2.45) is 0 Å². The number of carbonyl (C=O) groups is 1. The van der Waals surface area contributed by atoms with E-state index >= 15 is 0 Å². The Kier molecular flexibility index (Phi) is 4.15. The summed E-state index contributed by atoms with van der Waals surface area (Å²) in [5, 5.41) is 0. The molecular weight excluding hydrogens is 204 g/mol. The molecule has 0 saturated heterocycles. The highest BCUT2D eigenvalue weighted by Crippen LogP contribution is 2.17. The molecule has 0 amide bonds. The quantitative estimate of drug-likeness (QED) is 0.608. The average molecular weight is 220 g/mol. The van der Waals surface area contributed by atoms with Gasteiger partial charge in [0.05, 0.1) is 0 Å². The van der Waals surface area contributed by atoms with Gasteiger partial charge in [0.15, 0.2) is 0 Å². The molecule has 80 valence electrons. The molecule has 0 heterocycles. The van der Waals surface area contributed by atoms with E-state index in [0.717, 1.165) is 28.7 Å². The van der Waals surface area contributed by atoms with Gasteiger partial charge in [-0.15, -0.1) is 12.6 Å². The first-order valence-corrected chi connectivity index (χ1v) is 5.39. The Hall–Kier alpha value is -1.02. The van der Waals surface area contributed by atoms with Crippen molar-refractivity contribution < 1.29 is 4.79 Å². The van der Waals surface area contributed by atoms with E-state index in [1.807, 2.05) is 25.1 Å². The van der Waals surface area contributed by atoms with Gasteiger partial charge in [0, 0.05) is 12.0 Å². The monoisotopic (exact) mass is 220 g/mol. The molecule has 1 nitrogen and oxygen atoms in total. The number of thiol groups is 1. The van der Waals surface area contributed by atoms with Crippen molar-refractivity contribution in [2.45, 2.75) is 27.2 Å². The second-order valence-corrected chi connectivity index (χ2v) is 4.47. The SMILES string of the molecule is CC(C)=C(S)Cc1ccc(C=O)c(C)c1. The lowest BCUT2D eigenvalue weighted by Crippen LogP contribution is -1.92. The fourth-order valence-electron chi connectivity index (χ4n) is 1.35. The van der Waals surface area contributed by atoms with Crippen LogP contribution in [0.3, 0.4) is 0 Å². The second-order valence-electron chi connectivity index (χ2n) is 3.93. The van der Waals surface area contributed by atoms with Crippen LogP contribution >= 0.6 is 12.6 Å². The number of allylic oxidation sites excluding steroid dienone is 2. The molecule has 0 unspecified atom stereocenters. The van der Waals surface area contributed by atoms with Crippen molar-refractivity contribution in [3.8, 4) is 0 Å². The molecule has 0 N–H and O–H groups in total. The molecule has 0 spiro atoms. The van der Waals surface area contributed by atoms with Gasteiger partial charge >= 0.3 is 0 Å². The third-order valence-electron chi connectivity index (χ3n) is 2.41. The summed E-state index contributed by atoms with van der Waals surface area (Å²) >= 11 is 4.43. The van der Waals surface area contributed by atoms with Crippen molar-refractivity contribution in [2.75, 3.05) is 0 Å². The Morgan fingerprint density at radius 3 is 2.53 bits per heavy atom.